The van der Waals surface area contributed by atoms with Crippen molar-refractivity contribution in [1.82, 2.24) is 5.01 Å². The number of aliphatic imine (C=N–C) groups is 2. The highest BCUT2D eigenvalue weighted by atomic mass is 32.2. The smallest absolute Gasteiger partial charge is 0.158 e. The Morgan fingerprint density at radius 3 is 2.90 bits per heavy atom. The van der Waals surface area contributed by atoms with E-state index in [0.717, 1.165) is 29.7 Å². The highest BCUT2D eigenvalue weighted by molar-refractivity contribution is 8.03. The molecule has 1 aromatic carbocycles. The van der Waals surface area contributed by atoms with Crippen molar-refractivity contribution in [2.75, 3.05) is 6.54 Å². The van der Waals surface area contributed by atoms with Gasteiger partial charge in [0.15, 0.2) is 5.84 Å². The van der Waals surface area contributed by atoms with Gasteiger partial charge in [-0.25, -0.2) is 18.6 Å². The number of hydrogen-bond acceptors (Lipinski definition) is 5. The molecule has 29 heavy (non-hydrogen) atoms. The number of amidine groups is 1. The van der Waals surface area contributed by atoms with E-state index < -0.39 is 10.8 Å². The molecule has 0 aromatic heterocycles. The molecule has 1 aliphatic heterocycles. The van der Waals surface area contributed by atoms with Crippen LogP contribution in [0.4, 0.5) is 4.39 Å². The van der Waals surface area contributed by atoms with Crippen molar-refractivity contribution in [1.29, 1.82) is 5.41 Å². The van der Waals surface area contributed by atoms with E-state index in [2.05, 4.69) is 21.8 Å². The fourth-order valence-electron chi connectivity index (χ4n) is 3.03. The van der Waals surface area contributed by atoms with Crippen LogP contribution in [0.2, 0.25) is 0 Å². The largest absolute Gasteiger partial charge is 0.311 e. The molecule has 6 nitrogen and oxygen atoms in total. The zero-order chi connectivity index (χ0) is 21.0. The molecule has 2 unspecified atom stereocenters. The molecule has 1 N–H and O–H groups in total. The minimum Gasteiger partial charge on any atom is -0.311 e. The van der Waals surface area contributed by atoms with E-state index in [4.69, 9.17) is 5.41 Å². The number of hydrazone groups is 1. The van der Waals surface area contributed by atoms with E-state index in [1.807, 2.05) is 38.1 Å². The van der Waals surface area contributed by atoms with Gasteiger partial charge in [0.25, 0.3) is 0 Å². The summed E-state index contributed by atoms with van der Waals surface area (Å²) in [6.07, 6.45) is 3.67. The Kier molecular flexibility index (Phi) is 6.64. The number of allylic oxidation sites excluding steroid dienone is 2. The molecule has 1 saturated carbocycles. The zero-order valence-electron chi connectivity index (χ0n) is 16.5. The second-order valence-electron chi connectivity index (χ2n) is 7.03. The summed E-state index contributed by atoms with van der Waals surface area (Å²) >= 11 is 0. The molecule has 2 aliphatic rings. The van der Waals surface area contributed by atoms with Crippen molar-refractivity contribution in [2.45, 2.75) is 32.6 Å². The van der Waals surface area contributed by atoms with Gasteiger partial charge in [0.2, 0.25) is 0 Å². The molecule has 0 radical (unpaired) electrons. The average molecular weight is 414 g/mol. The lowest BCUT2D eigenvalue weighted by atomic mass is 9.99. The lowest BCUT2D eigenvalue weighted by Gasteiger charge is -2.25. The first kappa shape index (κ1) is 21.0. The first-order chi connectivity index (χ1) is 14.0. The lowest BCUT2D eigenvalue weighted by molar-refractivity contribution is 0.417. The molecule has 0 amide bonds. The van der Waals surface area contributed by atoms with Crippen molar-refractivity contribution in [2.24, 2.45) is 21.0 Å². The minimum atomic E-state index is -1.34. The second-order valence-corrected chi connectivity index (χ2v) is 8.28. The number of halogens is 1. The Hall–Kier alpha value is -2.74. The van der Waals surface area contributed by atoms with Crippen molar-refractivity contribution in [3.63, 3.8) is 0 Å². The van der Waals surface area contributed by atoms with Crippen LogP contribution >= 0.6 is 0 Å². The topological polar surface area (TPSA) is 81.2 Å². The van der Waals surface area contributed by atoms with Gasteiger partial charge in [-0.1, -0.05) is 25.1 Å². The molecule has 2 atom stereocenters. The third kappa shape index (κ3) is 4.82. The van der Waals surface area contributed by atoms with E-state index in [1.165, 1.54) is 6.21 Å². The highest BCUT2D eigenvalue weighted by Crippen LogP contribution is 2.37. The van der Waals surface area contributed by atoms with Crippen LogP contribution in [0.15, 0.2) is 62.5 Å². The fourth-order valence-corrected chi connectivity index (χ4v) is 4.25. The number of benzene rings is 1. The zero-order valence-corrected chi connectivity index (χ0v) is 17.3. The van der Waals surface area contributed by atoms with Crippen LogP contribution in [0.25, 0.3) is 0 Å². The van der Waals surface area contributed by atoms with Crippen molar-refractivity contribution in [3.05, 3.63) is 58.5 Å². The Bertz CT molecular complexity index is 962. The van der Waals surface area contributed by atoms with Crippen LogP contribution in [0, 0.1) is 11.3 Å². The van der Waals surface area contributed by atoms with Crippen LogP contribution in [0.3, 0.4) is 0 Å². The van der Waals surface area contributed by atoms with Gasteiger partial charge < -0.3 is 5.41 Å². The van der Waals surface area contributed by atoms with Crippen LogP contribution in [-0.4, -0.2) is 39.6 Å². The minimum absolute atomic E-state index is 0.160. The predicted octanol–water partition coefficient (Wildman–Crippen LogP) is 4.35. The standard InChI is InChI=1S/C21H24FN5OS/c1-14-13-29(28)21(26-27(14)10-9-23)15(2)17-5-4-6-18(11-17)20(24-3)25-19(12-22)16-7-8-16/h4-6,9,11-13,15-16,23H,3,7-8,10H2,1-2H3/b19-12+,23-9?,25-20?. The molecule has 3 rings (SSSR count). The molecular formula is C21H24FN5OS. The van der Waals surface area contributed by atoms with Gasteiger partial charge in [0.1, 0.15) is 11.4 Å². The molecule has 1 heterocycles. The Morgan fingerprint density at radius 2 is 2.28 bits per heavy atom. The third-order valence-electron chi connectivity index (χ3n) is 4.88. The van der Waals surface area contributed by atoms with Crippen molar-refractivity contribution >= 4 is 34.6 Å². The second kappa shape index (κ2) is 9.17. The van der Waals surface area contributed by atoms with E-state index in [1.54, 1.807) is 10.4 Å². The molecule has 1 aliphatic carbocycles. The monoisotopic (exact) mass is 413 g/mol. The van der Waals surface area contributed by atoms with Gasteiger partial charge in [-0.3, -0.25) is 5.01 Å². The molecule has 1 aromatic rings. The maximum Gasteiger partial charge on any atom is 0.158 e. The van der Waals surface area contributed by atoms with Gasteiger partial charge in [-0.05, 0) is 38.1 Å². The molecule has 8 heteroatoms. The number of rotatable bonds is 7. The molecule has 0 saturated heterocycles. The summed E-state index contributed by atoms with van der Waals surface area (Å²) in [5.41, 5.74) is 2.76. The SMILES string of the molecule is C=NC(=N/C(=C/F)C1CC1)c1cccc(C(C)C2=NN(CC=N)C(C)=CS2=O)c1. The van der Waals surface area contributed by atoms with Crippen molar-refractivity contribution in [3.8, 4) is 0 Å². The maximum absolute atomic E-state index is 13.2. The quantitative estimate of drug-likeness (QED) is 0.533. The Labute approximate surface area is 172 Å². The summed E-state index contributed by atoms with van der Waals surface area (Å²) < 4.78 is 25.8. The number of hydrogen-bond donors (Lipinski definition) is 1. The summed E-state index contributed by atoms with van der Waals surface area (Å²) in [4.78, 5) is 8.35. The normalized spacial score (nSPS) is 21.3. The first-order valence-corrected chi connectivity index (χ1v) is 10.6. The summed E-state index contributed by atoms with van der Waals surface area (Å²) in [6.45, 7) is 7.66. The fraction of sp³-hybridized carbons (Fsp3) is 0.333. The van der Waals surface area contributed by atoms with Gasteiger partial charge in [-0.15, -0.1) is 0 Å². The average Bonchev–Trinajstić information content (AvgIpc) is 3.56. The van der Waals surface area contributed by atoms with Crippen LogP contribution < -0.4 is 0 Å². The highest BCUT2D eigenvalue weighted by Gasteiger charge is 2.27. The van der Waals surface area contributed by atoms with Gasteiger partial charge in [0, 0.05) is 34.7 Å². The Morgan fingerprint density at radius 1 is 1.52 bits per heavy atom. The number of nitrogens with one attached hydrogen (secondary N) is 1. The summed E-state index contributed by atoms with van der Waals surface area (Å²) in [7, 11) is -1.34. The van der Waals surface area contributed by atoms with E-state index in [9.17, 15) is 8.60 Å². The molecule has 1 fully saturated rings. The lowest BCUT2D eigenvalue weighted by Crippen LogP contribution is -2.28. The number of nitrogens with zero attached hydrogens (tertiary/aromatic N) is 4. The maximum atomic E-state index is 13.2. The molecular weight excluding hydrogens is 389 g/mol. The molecule has 0 bridgehead atoms. The van der Waals surface area contributed by atoms with Gasteiger partial charge in [0.05, 0.1) is 23.0 Å². The van der Waals surface area contributed by atoms with E-state index in [0.29, 0.717) is 29.5 Å². The van der Waals surface area contributed by atoms with Crippen LogP contribution in [0.1, 0.15) is 43.7 Å². The van der Waals surface area contributed by atoms with Crippen LogP contribution in [0.5, 0.6) is 0 Å². The van der Waals surface area contributed by atoms with Gasteiger partial charge >= 0.3 is 0 Å². The van der Waals surface area contributed by atoms with E-state index in [-0.39, 0.29) is 11.8 Å². The molecule has 152 valence electrons. The summed E-state index contributed by atoms with van der Waals surface area (Å²) in [5.74, 6) is 0.300. The summed E-state index contributed by atoms with van der Waals surface area (Å²) in [6, 6.07) is 7.53. The molecule has 0 spiro atoms. The Balaban J connectivity index is 1.91. The third-order valence-corrected chi connectivity index (χ3v) is 6.28. The predicted molar refractivity (Wildman–Crippen MR) is 118 cm³/mol. The summed E-state index contributed by atoms with van der Waals surface area (Å²) in [5, 5.41) is 15.7. The van der Waals surface area contributed by atoms with Crippen LogP contribution in [-0.2, 0) is 10.8 Å². The van der Waals surface area contributed by atoms with E-state index >= 15 is 0 Å². The van der Waals surface area contributed by atoms with Gasteiger partial charge in [-0.2, -0.15) is 5.10 Å². The van der Waals surface area contributed by atoms with Crippen molar-refractivity contribution < 1.29 is 8.60 Å². The first-order valence-electron chi connectivity index (χ1n) is 9.38.